The average molecular weight is 405 g/mol. The predicted octanol–water partition coefficient (Wildman–Crippen LogP) is 3.45. The Balaban J connectivity index is 1.42. The molecule has 0 fully saturated rings. The SMILES string of the molecule is Cc1ccc(NC(=O)CNC(=O)CCc2nnc(-c3ccsc3)o2)c(Cl)c1. The summed E-state index contributed by atoms with van der Waals surface area (Å²) >= 11 is 7.60. The third-order valence-electron chi connectivity index (χ3n) is 3.65. The highest BCUT2D eigenvalue weighted by molar-refractivity contribution is 7.08. The minimum absolute atomic E-state index is 0.143. The largest absolute Gasteiger partial charge is 0.421 e. The molecule has 0 atom stereocenters. The molecule has 0 aliphatic carbocycles. The van der Waals surface area contributed by atoms with Crippen LogP contribution in [0.15, 0.2) is 39.4 Å². The van der Waals surface area contributed by atoms with Crippen molar-refractivity contribution in [1.29, 1.82) is 0 Å². The van der Waals surface area contributed by atoms with E-state index in [0.29, 0.717) is 28.9 Å². The van der Waals surface area contributed by atoms with E-state index in [1.165, 1.54) is 11.3 Å². The first-order valence-electron chi connectivity index (χ1n) is 8.19. The maximum atomic E-state index is 11.9. The van der Waals surface area contributed by atoms with Gasteiger partial charge in [0.2, 0.25) is 23.6 Å². The van der Waals surface area contributed by atoms with E-state index in [1.54, 1.807) is 12.1 Å². The molecule has 2 aromatic heterocycles. The van der Waals surface area contributed by atoms with Crippen molar-refractivity contribution in [3.05, 3.63) is 51.5 Å². The highest BCUT2D eigenvalue weighted by atomic mass is 35.5. The summed E-state index contributed by atoms with van der Waals surface area (Å²) in [6.07, 6.45) is 0.443. The van der Waals surface area contributed by atoms with E-state index in [2.05, 4.69) is 20.8 Å². The molecule has 0 radical (unpaired) electrons. The Morgan fingerprint density at radius 1 is 1.22 bits per heavy atom. The van der Waals surface area contributed by atoms with E-state index in [9.17, 15) is 9.59 Å². The van der Waals surface area contributed by atoms with Gasteiger partial charge in [0.15, 0.2) is 0 Å². The molecular formula is C18H17ClN4O3S. The Bertz CT molecular complexity index is 940. The van der Waals surface area contributed by atoms with E-state index in [-0.39, 0.29) is 24.8 Å². The molecule has 2 N–H and O–H groups in total. The summed E-state index contributed by atoms with van der Waals surface area (Å²) in [5.41, 5.74) is 2.36. The number of amides is 2. The molecule has 2 heterocycles. The molecule has 3 rings (SSSR count). The Hall–Kier alpha value is -2.71. The minimum atomic E-state index is -0.355. The molecule has 0 saturated carbocycles. The molecular weight excluding hydrogens is 388 g/mol. The van der Waals surface area contributed by atoms with Crippen LogP contribution in [-0.4, -0.2) is 28.6 Å². The fraction of sp³-hybridized carbons (Fsp3) is 0.222. The van der Waals surface area contributed by atoms with Gasteiger partial charge in [-0.15, -0.1) is 10.2 Å². The molecule has 3 aromatic rings. The van der Waals surface area contributed by atoms with E-state index in [4.69, 9.17) is 16.0 Å². The van der Waals surface area contributed by atoms with Crippen LogP contribution in [0, 0.1) is 6.92 Å². The van der Waals surface area contributed by atoms with Crippen molar-refractivity contribution in [3.63, 3.8) is 0 Å². The molecule has 0 unspecified atom stereocenters. The summed E-state index contributed by atoms with van der Waals surface area (Å²) in [6, 6.07) is 7.20. The maximum Gasteiger partial charge on any atom is 0.248 e. The van der Waals surface area contributed by atoms with Crippen LogP contribution in [0.1, 0.15) is 17.9 Å². The number of carbonyl (C=O) groups is 2. The van der Waals surface area contributed by atoms with Crippen LogP contribution in [0.2, 0.25) is 5.02 Å². The van der Waals surface area contributed by atoms with Crippen LogP contribution in [0.5, 0.6) is 0 Å². The van der Waals surface area contributed by atoms with Crippen molar-refractivity contribution in [3.8, 4) is 11.5 Å². The Morgan fingerprint density at radius 2 is 2.07 bits per heavy atom. The second-order valence-corrected chi connectivity index (χ2v) is 7.01. The first-order valence-corrected chi connectivity index (χ1v) is 9.51. The minimum Gasteiger partial charge on any atom is -0.421 e. The lowest BCUT2D eigenvalue weighted by molar-refractivity contribution is -0.124. The van der Waals surface area contributed by atoms with Gasteiger partial charge in [0.25, 0.3) is 0 Å². The summed E-state index contributed by atoms with van der Waals surface area (Å²) in [5, 5.41) is 17.4. The van der Waals surface area contributed by atoms with E-state index >= 15 is 0 Å². The molecule has 0 bridgehead atoms. The number of hydrogen-bond acceptors (Lipinski definition) is 6. The van der Waals surface area contributed by atoms with Gasteiger partial charge in [-0.3, -0.25) is 9.59 Å². The van der Waals surface area contributed by atoms with Crippen molar-refractivity contribution >= 4 is 40.4 Å². The number of halogens is 1. The molecule has 0 spiro atoms. The molecule has 9 heteroatoms. The maximum absolute atomic E-state index is 11.9. The highest BCUT2D eigenvalue weighted by Crippen LogP contribution is 2.22. The number of carbonyl (C=O) groups excluding carboxylic acids is 2. The van der Waals surface area contributed by atoms with Crippen molar-refractivity contribution in [2.75, 3.05) is 11.9 Å². The summed E-state index contributed by atoms with van der Waals surface area (Å²) in [7, 11) is 0. The Labute approximate surface area is 164 Å². The molecule has 0 saturated heterocycles. The number of rotatable bonds is 7. The van der Waals surface area contributed by atoms with Crippen LogP contribution in [0.4, 0.5) is 5.69 Å². The molecule has 0 aliphatic rings. The van der Waals surface area contributed by atoms with Gasteiger partial charge in [-0.05, 0) is 36.1 Å². The number of aryl methyl sites for hydroxylation is 2. The topological polar surface area (TPSA) is 97.1 Å². The van der Waals surface area contributed by atoms with E-state index < -0.39 is 0 Å². The van der Waals surface area contributed by atoms with Crippen LogP contribution in [0.25, 0.3) is 11.5 Å². The fourth-order valence-electron chi connectivity index (χ4n) is 2.26. The monoisotopic (exact) mass is 404 g/mol. The molecule has 1 aromatic carbocycles. The molecule has 140 valence electrons. The quantitative estimate of drug-likeness (QED) is 0.628. The summed E-state index contributed by atoms with van der Waals surface area (Å²) in [6.45, 7) is 1.76. The van der Waals surface area contributed by atoms with Crippen LogP contribution in [-0.2, 0) is 16.0 Å². The number of aromatic nitrogens is 2. The molecule has 2 amide bonds. The third-order valence-corrected chi connectivity index (χ3v) is 4.64. The zero-order chi connectivity index (χ0) is 19.2. The smallest absolute Gasteiger partial charge is 0.248 e. The van der Waals surface area contributed by atoms with Gasteiger partial charge in [0.1, 0.15) is 0 Å². The van der Waals surface area contributed by atoms with E-state index in [1.807, 2.05) is 29.8 Å². The van der Waals surface area contributed by atoms with Gasteiger partial charge >= 0.3 is 0 Å². The Kier molecular flexibility index (Phi) is 6.20. The van der Waals surface area contributed by atoms with Gasteiger partial charge in [-0.25, -0.2) is 0 Å². The van der Waals surface area contributed by atoms with Crippen LogP contribution < -0.4 is 10.6 Å². The number of anilines is 1. The van der Waals surface area contributed by atoms with Crippen molar-refractivity contribution in [2.45, 2.75) is 19.8 Å². The lowest BCUT2D eigenvalue weighted by Crippen LogP contribution is -2.33. The molecule has 27 heavy (non-hydrogen) atoms. The zero-order valence-electron chi connectivity index (χ0n) is 14.5. The number of benzene rings is 1. The first-order chi connectivity index (χ1) is 13.0. The number of nitrogens with zero attached hydrogens (tertiary/aromatic N) is 2. The number of thiophene rings is 1. The van der Waals surface area contributed by atoms with Gasteiger partial charge < -0.3 is 15.1 Å². The van der Waals surface area contributed by atoms with Crippen molar-refractivity contribution in [2.24, 2.45) is 0 Å². The standard InChI is InChI=1S/C18H17ClN4O3S/c1-11-2-3-14(13(19)8-11)21-16(25)9-20-15(24)4-5-17-22-23-18(26-17)12-6-7-27-10-12/h2-3,6-8,10H,4-5,9H2,1H3,(H,20,24)(H,21,25). The van der Waals surface area contributed by atoms with Gasteiger partial charge in [0, 0.05) is 23.8 Å². The van der Waals surface area contributed by atoms with E-state index in [0.717, 1.165) is 11.1 Å². The summed E-state index contributed by atoms with van der Waals surface area (Å²) in [5.74, 6) is 0.172. The second-order valence-electron chi connectivity index (χ2n) is 5.82. The first kappa shape index (κ1) is 19.1. The number of nitrogens with one attached hydrogen (secondary N) is 2. The van der Waals surface area contributed by atoms with Gasteiger partial charge in [0.05, 0.1) is 17.3 Å². The van der Waals surface area contributed by atoms with Crippen LogP contribution in [0.3, 0.4) is 0 Å². The lowest BCUT2D eigenvalue weighted by atomic mass is 10.2. The predicted molar refractivity (Wildman–Crippen MR) is 104 cm³/mol. The van der Waals surface area contributed by atoms with Crippen molar-refractivity contribution in [1.82, 2.24) is 15.5 Å². The summed E-state index contributed by atoms with van der Waals surface area (Å²) < 4.78 is 5.52. The van der Waals surface area contributed by atoms with Gasteiger partial charge in [-0.2, -0.15) is 11.3 Å². The second kappa shape index (κ2) is 8.79. The van der Waals surface area contributed by atoms with Gasteiger partial charge in [-0.1, -0.05) is 17.7 Å². The normalized spacial score (nSPS) is 10.6. The molecule has 7 nitrogen and oxygen atoms in total. The fourth-order valence-corrected chi connectivity index (χ4v) is 3.17. The Morgan fingerprint density at radius 3 is 2.81 bits per heavy atom. The summed E-state index contributed by atoms with van der Waals surface area (Å²) in [4.78, 5) is 23.9. The number of hydrogen-bond donors (Lipinski definition) is 2. The third kappa shape index (κ3) is 5.38. The zero-order valence-corrected chi connectivity index (χ0v) is 16.1. The highest BCUT2D eigenvalue weighted by Gasteiger charge is 2.12. The molecule has 0 aliphatic heterocycles. The van der Waals surface area contributed by atoms with Crippen LogP contribution >= 0.6 is 22.9 Å². The lowest BCUT2D eigenvalue weighted by Gasteiger charge is -2.08. The average Bonchev–Trinajstić information content (AvgIpc) is 3.32. The van der Waals surface area contributed by atoms with Crippen molar-refractivity contribution < 1.29 is 14.0 Å².